The number of ether oxygens (including phenoxy) is 3. The van der Waals surface area contributed by atoms with Crippen LogP contribution in [0.3, 0.4) is 0 Å². The Kier molecular flexibility index (Phi) is 5.57. The molecule has 5 nitrogen and oxygen atoms in total. The second kappa shape index (κ2) is 7.47. The van der Waals surface area contributed by atoms with Gasteiger partial charge in [-0.3, -0.25) is 4.79 Å². The number of hydrogen-bond donors (Lipinski definition) is 1. The molecule has 0 saturated carbocycles. The molecule has 0 fully saturated rings. The van der Waals surface area contributed by atoms with Crippen LogP contribution in [0.15, 0.2) is 36.4 Å². The molecular weight excluding hydrogens is 318 g/mol. The highest BCUT2D eigenvalue weighted by Crippen LogP contribution is 2.40. The topological polar surface area (TPSA) is 56.8 Å². The molecule has 0 aliphatic carbocycles. The van der Waals surface area contributed by atoms with Crippen molar-refractivity contribution in [3.8, 4) is 17.2 Å². The minimum Gasteiger partial charge on any atom is -0.493 e. The molecule has 0 atom stereocenters. The summed E-state index contributed by atoms with van der Waals surface area (Å²) in [4.78, 5) is 12.5. The third-order valence-electron chi connectivity index (χ3n) is 3.94. The van der Waals surface area contributed by atoms with Crippen LogP contribution >= 0.6 is 0 Å². The lowest BCUT2D eigenvalue weighted by Crippen LogP contribution is -2.14. The number of hydrogen-bond acceptors (Lipinski definition) is 4. The van der Waals surface area contributed by atoms with Gasteiger partial charge in [-0.1, -0.05) is 32.9 Å². The van der Waals surface area contributed by atoms with E-state index in [0.717, 1.165) is 0 Å². The van der Waals surface area contributed by atoms with Crippen molar-refractivity contribution in [2.24, 2.45) is 0 Å². The Morgan fingerprint density at radius 1 is 0.880 bits per heavy atom. The van der Waals surface area contributed by atoms with E-state index in [0.29, 0.717) is 28.5 Å². The van der Waals surface area contributed by atoms with Crippen LogP contribution in [0.2, 0.25) is 0 Å². The fraction of sp³-hybridized carbons (Fsp3) is 0.350. The third-order valence-corrected chi connectivity index (χ3v) is 3.94. The summed E-state index contributed by atoms with van der Waals surface area (Å²) in [7, 11) is 4.61. The monoisotopic (exact) mass is 343 g/mol. The molecule has 0 saturated heterocycles. The van der Waals surface area contributed by atoms with Crippen molar-refractivity contribution in [2.45, 2.75) is 26.2 Å². The number of carbonyl (C=O) groups excluding carboxylic acids is 1. The first-order valence-corrected chi connectivity index (χ1v) is 8.02. The molecule has 0 aromatic heterocycles. The molecule has 2 aromatic carbocycles. The summed E-state index contributed by atoms with van der Waals surface area (Å²) in [6, 6.07) is 11.0. The van der Waals surface area contributed by atoms with Crippen LogP contribution in [-0.2, 0) is 5.41 Å². The zero-order chi connectivity index (χ0) is 18.6. The second-order valence-electron chi connectivity index (χ2n) is 6.70. The summed E-state index contributed by atoms with van der Waals surface area (Å²) in [6.45, 7) is 6.41. The van der Waals surface area contributed by atoms with Crippen molar-refractivity contribution in [3.05, 3.63) is 47.5 Å². The lowest BCUT2D eigenvalue weighted by molar-refractivity contribution is 0.102. The zero-order valence-electron chi connectivity index (χ0n) is 15.6. The maximum Gasteiger partial charge on any atom is 0.255 e. The summed E-state index contributed by atoms with van der Waals surface area (Å²) in [5.41, 5.74) is 2.38. The molecule has 0 spiro atoms. The van der Waals surface area contributed by atoms with Crippen LogP contribution < -0.4 is 19.5 Å². The number of rotatable bonds is 5. The van der Waals surface area contributed by atoms with Crippen molar-refractivity contribution >= 4 is 11.6 Å². The molecule has 0 aliphatic rings. The van der Waals surface area contributed by atoms with E-state index in [9.17, 15) is 4.79 Å². The van der Waals surface area contributed by atoms with E-state index >= 15 is 0 Å². The average molecular weight is 343 g/mol. The maximum atomic E-state index is 12.5. The van der Waals surface area contributed by atoms with Crippen molar-refractivity contribution < 1.29 is 19.0 Å². The first kappa shape index (κ1) is 18.6. The van der Waals surface area contributed by atoms with E-state index < -0.39 is 0 Å². The van der Waals surface area contributed by atoms with Gasteiger partial charge in [-0.15, -0.1) is 0 Å². The Bertz CT molecular complexity index is 720. The predicted octanol–water partition coefficient (Wildman–Crippen LogP) is 4.26. The Labute approximate surface area is 148 Å². The van der Waals surface area contributed by atoms with Gasteiger partial charge in [0.05, 0.1) is 21.3 Å². The molecule has 2 aromatic rings. The van der Waals surface area contributed by atoms with Gasteiger partial charge in [0, 0.05) is 23.4 Å². The van der Waals surface area contributed by atoms with Crippen molar-refractivity contribution in [2.75, 3.05) is 26.6 Å². The Morgan fingerprint density at radius 2 is 1.40 bits per heavy atom. The van der Waals surface area contributed by atoms with Crippen LogP contribution in [-0.4, -0.2) is 27.2 Å². The highest BCUT2D eigenvalue weighted by molar-refractivity contribution is 6.04. The van der Waals surface area contributed by atoms with Crippen LogP contribution in [0.25, 0.3) is 0 Å². The number of benzene rings is 2. The normalized spacial score (nSPS) is 11.0. The molecular formula is C20H25NO4. The summed E-state index contributed by atoms with van der Waals surface area (Å²) in [5.74, 6) is 1.26. The smallest absolute Gasteiger partial charge is 0.255 e. The number of nitrogens with one attached hydrogen (secondary N) is 1. The van der Waals surface area contributed by atoms with Gasteiger partial charge in [-0.05, 0) is 23.1 Å². The van der Waals surface area contributed by atoms with Crippen LogP contribution in [0.4, 0.5) is 5.69 Å². The van der Waals surface area contributed by atoms with Gasteiger partial charge in [0.25, 0.3) is 5.91 Å². The highest BCUT2D eigenvalue weighted by atomic mass is 16.5. The zero-order valence-corrected chi connectivity index (χ0v) is 15.6. The molecule has 0 unspecified atom stereocenters. The summed E-state index contributed by atoms with van der Waals surface area (Å²) in [6.07, 6.45) is 0. The number of amides is 1. The molecule has 0 radical (unpaired) electrons. The molecule has 5 heteroatoms. The van der Waals surface area contributed by atoms with Gasteiger partial charge in [0.2, 0.25) is 5.75 Å². The maximum absolute atomic E-state index is 12.5. The second-order valence-corrected chi connectivity index (χ2v) is 6.70. The molecule has 1 amide bonds. The summed E-state index contributed by atoms with van der Waals surface area (Å²) in [5, 5.41) is 2.86. The summed E-state index contributed by atoms with van der Waals surface area (Å²) < 4.78 is 15.9. The van der Waals surface area contributed by atoms with E-state index in [1.54, 1.807) is 12.1 Å². The van der Waals surface area contributed by atoms with Gasteiger partial charge in [0.1, 0.15) is 0 Å². The predicted molar refractivity (Wildman–Crippen MR) is 99.2 cm³/mol. The Morgan fingerprint density at radius 3 is 1.80 bits per heavy atom. The standard InChI is InChI=1S/C20H25NO4/c1-20(2,3)14-9-7-13(8-10-14)19(22)21-15-11-16(23-4)18(25-6)17(12-15)24-5/h7-12H,1-6H3,(H,21,22). The molecule has 134 valence electrons. The minimum absolute atomic E-state index is 0.0473. The molecule has 1 N–H and O–H groups in total. The van der Waals surface area contributed by atoms with Gasteiger partial charge in [0.15, 0.2) is 11.5 Å². The van der Waals surface area contributed by atoms with E-state index in [-0.39, 0.29) is 11.3 Å². The van der Waals surface area contributed by atoms with E-state index in [2.05, 4.69) is 26.1 Å². The Hall–Kier alpha value is -2.69. The average Bonchev–Trinajstić information content (AvgIpc) is 2.60. The quantitative estimate of drug-likeness (QED) is 0.881. The fourth-order valence-corrected chi connectivity index (χ4v) is 2.48. The molecule has 0 bridgehead atoms. The first-order valence-electron chi connectivity index (χ1n) is 8.02. The van der Waals surface area contributed by atoms with Gasteiger partial charge < -0.3 is 19.5 Å². The van der Waals surface area contributed by atoms with Gasteiger partial charge in [-0.25, -0.2) is 0 Å². The highest BCUT2D eigenvalue weighted by Gasteiger charge is 2.16. The van der Waals surface area contributed by atoms with E-state index in [1.165, 1.54) is 26.9 Å². The number of anilines is 1. The Balaban J connectivity index is 2.25. The van der Waals surface area contributed by atoms with Gasteiger partial charge in [-0.2, -0.15) is 0 Å². The molecule has 0 heterocycles. The van der Waals surface area contributed by atoms with E-state index in [4.69, 9.17) is 14.2 Å². The third kappa shape index (κ3) is 4.24. The number of carbonyl (C=O) groups is 1. The van der Waals surface area contributed by atoms with E-state index in [1.807, 2.05) is 24.3 Å². The van der Waals surface area contributed by atoms with Crippen LogP contribution in [0.5, 0.6) is 17.2 Å². The summed E-state index contributed by atoms with van der Waals surface area (Å²) >= 11 is 0. The fourth-order valence-electron chi connectivity index (χ4n) is 2.48. The molecule has 2 rings (SSSR count). The number of methoxy groups -OCH3 is 3. The molecule has 0 aliphatic heterocycles. The van der Waals surface area contributed by atoms with Crippen molar-refractivity contribution in [3.63, 3.8) is 0 Å². The minimum atomic E-state index is -0.199. The van der Waals surface area contributed by atoms with Crippen LogP contribution in [0.1, 0.15) is 36.7 Å². The van der Waals surface area contributed by atoms with Crippen molar-refractivity contribution in [1.82, 2.24) is 0 Å². The SMILES string of the molecule is COc1cc(NC(=O)c2ccc(C(C)(C)C)cc2)cc(OC)c1OC. The largest absolute Gasteiger partial charge is 0.493 e. The lowest BCUT2D eigenvalue weighted by atomic mass is 9.87. The lowest BCUT2D eigenvalue weighted by Gasteiger charge is -2.19. The van der Waals surface area contributed by atoms with Crippen LogP contribution in [0, 0.1) is 0 Å². The molecule has 25 heavy (non-hydrogen) atoms. The van der Waals surface area contributed by atoms with Crippen molar-refractivity contribution in [1.29, 1.82) is 0 Å². The first-order chi connectivity index (χ1) is 11.8. The van der Waals surface area contributed by atoms with Gasteiger partial charge >= 0.3 is 0 Å².